The number of hydrogen-bond donors (Lipinski definition) is 1. The Kier molecular flexibility index (Phi) is 4.60. The maximum absolute atomic E-state index is 13.6. The van der Waals surface area contributed by atoms with Gasteiger partial charge in [0.25, 0.3) is 0 Å². The first-order valence-corrected chi connectivity index (χ1v) is 6.86. The molecule has 1 aliphatic heterocycles. The molecular weight excluding hydrogens is 259 g/mol. The van der Waals surface area contributed by atoms with E-state index >= 15 is 0 Å². The second-order valence-corrected chi connectivity index (χ2v) is 5.41. The lowest BCUT2D eigenvalue weighted by molar-refractivity contribution is -0.132. The number of rotatable bonds is 3. The van der Waals surface area contributed by atoms with Crippen LogP contribution < -0.4 is 10.1 Å². The SMILES string of the molecule is COc1ccc(CC(=O)N2C[C@H](C)N[C@@H](C)C2)cc1F. The van der Waals surface area contributed by atoms with Crippen molar-refractivity contribution in [3.8, 4) is 5.75 Å². The van der Waals surface area contributed by atoms with Crippen LogP contribution in [0.2, 0.25) is 0 Å². The van der Waals surface area contributed by atoms with Crippen molar-refractivity contribution in [3.05, 3.63) is 29.6 Å². The smallest absolute Gasteiger partial charge is 0.227 e. The lowest BCUT2D eigenvalue weighted by Gasteiger charge is -2.36. The van der Waals surface area contributed by atoms with Crippen molar-refractivity contribution in [3.63, 3.8) is 0 Å². The van der Waals surface area contributed by atoms with E-state index in [1.807, 2.05) is 4.90 Å². The summed E-state index contributed by atoms with van der Waals surface area (Å²) in [6.45, 7) is 5.51. The third kappa shape index (κ3) is 3.48. The number of hydrogen-bond acceptors (Lipinski definition) is 3. The second-order valence-electron chi connectivity index (χ2n) is 5.41. The quantitative estimate of drug-likeness (QED) is 0.914. The Bertz CT molecular complexity index is 483. The van der Waals surface area contributed by atoms with Crippen LogP contribution in [-0.4, -0.2) is 43.1 Å². The molecule has 1 N–H and O–H groups in total. The zero-order valence-electron chi connectivity index (χ0n) is 12.1. The number of carbonyl (C=O) groups is 1. The van der Waals surface area contributed by atoms with Crippen LogP contribution in [0.3, 0.4) is 0 Å². The molecule has 1 amide bonds. The van der Waals surface area contributed by atoms with Gasteiger partial charge in [-0.2, -0.15) is 0 Å². The van der Waals surface area contributed by atoms with Crippen LogP contribution in [0.15, 0.2) is 18.2 Å². The fraction of sp³-hybridized carbons (Fsp3) is 0.533. The molecule has 4 nitrogen and oxygen atoms in total. The monoisotopic (exact) mass is 280 g/mol. The zero-order valence-corrected chi connectivity index (χ0v) is 12.1. The molecule has 2 atom stereocenters. The van der Waals surface area contributed by atoms with E-state index in [1.165, 1.54) is 13.2 Å². The van der Waals surface area contributed by atoms with E-state index in [2.05, 4.69) is 19.2 Å². The van der Waals surface area contributed by atoms with E-state index in [4.69, 9.17) is 4.74 Å². The van der Waals surface area contributed by atoms with E-state index < -0.39 is 5.82 Å². The van der Waals surface area contributed by atoms with Crippen LogP contribution in [0.5, 0.6) is 5.75 Å². The van der Waals surface area contributed by atoms with Crippen molar-refractivity contribution in [1.29, 1.82) is 0 Å². The first-order chi connectivity index (χ1) is 9.49. The van der Waals surface area contributed by atoms with Crippen molar-refractivity contribution in [2.45, 2.75) is 32.4 Å². The van der Waals surface area contributed by atoms with Gasteiger partial charge in [-0.15, -0.1) is 0 Å². The van der Waals surface area contributed by atoms with Crippen LogP contribution in [0.25, 0.3) is 0 Å². The van der Waals surface area contributed by atoms with Crippen molar-refractivity contribution >= 4 is 5.91 Å². The third-order valence-corrected chi connectivity index (χ3v) is 3.48. The summed E-state index contributed by atoms with van der Waals surface area (Å²) in [5.74, 6) is -0.194. The first kappa shape index (κ1) is 14.8. The summed E-state index contributed by atoms with van der Waals surface area (Å²) in [6.07, 6.45) is 0.223. The predicted molar refractivity (Wildman–Crippen MR) is 75.3 cm³/mol. The summed E-state index contributed by atoms with van der Waals surface area (Å²) < 4.78 is 18.5. The molecule has 1 aromatic rings. The fourth-order valence-corrected chi connectivity index (χ4v) is 2.64. The number of ether oxygens (including phenoxy) is 1. The summed E-state index contributed by atoms with van der Waals surface area (Å²) in [5.41, 5.74) is 0.673. The van der Waals surface area contributed by atoms with Crippen LogP contribution in [-0.2, 0) is 11.2 Å². The molecule has 1 aromatic carbocycles. The van der Waals surface area contributed by atoms with Gasteiger partial charge < -0.3 is 15.0 Å². The highest BCUT2D eigenvalue weighted by atomic mass is 19.1. The average molecular weight is 280 g/mol. The fourth-order valence-electron chi connectivity index (χ4n) is 2.64. The molecular formula is C15H21FN2O2. The minimum absolute atomic E-state index is 0.0368. The third-order valence-electron chi connectivity index (χ3n) is 3.48. The number of methoxy groups -OCH3 is 1. The molecule has 0 saturated carbocycles. The molecule has 0 spiro atoms. The summed E-state index contributed by atoms with van der Waals surface area (Å²) in [7, 11) is 1.42. The molecule has 1 fully saturated rings. The summed E-state index contributed by atoms with van der Waals surface area (Å²) in [4.78, 5) is 14.1. The van der Waals surface area contributed by atoms with Crippen molar-refractivity contribution in [2.24, 2.45) is 0 Å². The van der Waals surface area contributed by atoms with Gasteiger partial charge in [-0.05, 0) is 31.5 Å². The molecule has 0 bridgehead atoms. The topological polar surface area (TPSA) is 41.6 Å². The normalized spacial score (nSPS) is 22.7. The average Bonchev–Trinajstić information content (AvgIpc) is 2.37. The van der Waals surface area contributed by atoms with Gasteiger partial charge in [0.05, 0.1) is 13.5 Å². The summed E-state index contributed by atoms with van der Waals surface area (Å²) in [5, 5.41) is 3.38. The Morgan fingerprint density at radius 3 is 2.60 bits per heavy atom. The largest absolute Gasteiger partial charge is 0.494 e. The van der Waals surface area contributed by atoms with Crippen molar-refractivity contribution < 1.29 is 13.9 Å². The molecule has 0 unspecified atom stereocenters. The highest BCUT2D eigenvalue weighted by molar-refractivity contribution is 5.79. The van der Waals surface area contributed by atoms with Gasteiger partial charge in [0.1, 0.15) is 0 Å². The highest BCUT2D eigenvalue weighted by Crippen LogP contribution is 2.18. The highest BCUT2D eigenvalue weighted by Gasteiger charge is 2.24. The Labute approximate surface area is 118 Å². The molecule has 20 heavy (non-hydrogen) atoms. The number of piperazine rings is 1. The van der Waals surface area contributed by atoms with Crippen LogP contribution in [0, 0.1) is 5.82 Å². The second kappa shape index (κ2) is 6.22. The molecule has 0 aromatic heterocycles. The molecule has 0 aliphatic carbocycles. The lowest BCUT2D eigenvalue weighted by atomic mass is 10.1. The van der Waals surface area contributed by atoms with Crippen LogP contribution >= 0.6 is 0 Å². The first-order valence-electron chi connectivity index (χ1n) is 6.86. The van der Waals surface area contributed by atoms with E-state index in [-0.39, 0.29) is 30.2 Å². The van der Waals surface area contributed by atoms with Crippen molar-refractivity contribution in [1.82, 2.24) is 10.2 Å². The Hall–Kier alpha value is -1.62. The minimum atomic E-state index is -0.431. The van der Waals surface area contributed by atoms with Gasteiger partial charge >= 0.3 is 0 Å². The van der Waals surface area contributed by atoms with Gasteiger partial charge in [-0.1, -0.05) is 6.07 Å². The molecule has 1 aliphatic rings. The van der Waals surface area contributed by atoms with Gasteiger partial charge in [0.15, 0.2) is 11.6 Å². The lowest BCUT2D eigenvalue weighted by Crippen LogP contribution is -2.56. The maximum Gasteiger partial charge on any atom is 0.227 e. The van der Waals surface area contributed by atoms with Gasteiger partial charge in [0, 0.05) is 25.2 Å². The van der Waals surface area contributed by atoms with Crippen molar-refractivity contribution in [2.75, 3.05) is 20.2 Å². The number of carbonyl (C=O) groups excluding carboxylic acids is 1. The molecule has 5 heteroatoms. The predicted octanol–water partition coefficient (Wildman–Crippen LogP) is 1.59. The molecule has 110 valence electrons. The minimum Gasteiger partial charge on any atom is -0.494 e. The Morgan fingerprint density at radius 2 is 2.05 bits per heavy atom. The maximum atomic E-state index is 13.6. The molecule has 1 saturated heterocycles. The molecule has 2 rings (SSSR count). The number of halogens is 1. The standard InChI is InChI=1S/C15H21FN2O2/c1-10-8-18(9-11(2)17-10)15(19)7-12-4-5-14(20-3)13(16)6-12/h4-6,10-11,17H,7-9H2,1-3H3/t10-,11-/m0/s1. The number of nitrogens with one attached hydrogen (secondary N) is 1. The van der Waals surface area contributed by atoms with E-state index in [1.54, 1.807) is 12.1 Å². The van der Waals surface area contributed by atoms with E-state index in [0.29, 0.717) is 18.7 Å². The molecule has 0 radical (unpaired) electrons. The Balaban J connectivity index is 2.02. The van der Waals surface area contributed by atoms with Crippen LogP contribution in [0.4, 0.5) is 4.39 Å². The van der Waals surface area contributed by atoms with Gasteiger partial charge in [-0.3, -0.25) is 4.79 Å². The van der Waals surface area contributed by atoms with E-state index in [9.17, 15) is 9.18 Å². The number of amides is 1. The number of benzene rings is 1. The van der Waals surface area contributed by atoms with Crippen LogP contribution in [0.1, 0.15) is 19.4 Å². The summed E-state index contributed by atoms with van der Waals surface area (Å²) >= 11 is 0. The summed E-state index contributed by atoms with van der Waals surface area (Å²) in [6, 6.07) is 5.23. The van der Waals surface area contributed by atoms with E-state index in [0.717, 1.165) is 0 Å². The number of nitrogens with zero attached hydrogens (tertiary/aromatic N) is 1. The van der Waals surface area contributed by atoms with Gasteiger partial charge in [-0.25, -0.2) is 4.39 Å². The molecule has 1 heterocycles. The van der Waals surface area contributed by atoms with Gasteiger partial charge in [0.2, 0.25) is 5.91 Å². The zero-order chi connectivity index (χ0) is 14.7. The Morgan fingerprint density at radius 1 is 1.40 bits per heavy atom.